The predicted molar refractivity (Wildman–Crippen MR) is 114 cm³/mol. The molecule has 0 fully saturated rings. The van der Waals surface area contributed by atoms with Gasteiger partial charge in [0.05, 0.1) is 12.2 Å². The summed E-state index contributed by atoms with van der Waals surface area (Å²) in [6.07, 6.45) is 10.6. The Bertz CT molecular complexity index is 575. The van der Waals surface area contributed by atoms with Crippen molar-refractivity contribution in [1.29, 1.82) is 0 Å². The maximum Gasteiger partial charge on any atom is 0.335 e. The monoisotopic (exact) mass is 376 g/mol. The maximum absolute atomic E-state index is 12.0. The van der Waals surface area contributed by atoms with Crippen LogP contribution in [0.3, 0.4) is 0 Å². The highest BCUT2D eigenvalue weighted by atomic mass is 16.5. The zero-order valence-corrected chi connectivity index (χ0v) is 18.2. The quantitative estimate of drug-likeness (QED) is 0.418. The van der Waals surface area contributed by atoms with Gasteiger partial charge in [-0.15, -0.1) is 0 Å². The summed E-state index contributed by atoms with van der Waals surface area (Å²) in [5, 5.41) is 9.86. The molecular formula is C24H40O3. The van der Waals surface area contributed by atoms with E-state index in [2.05, 4.69) is 27.7 Å². The van der Waals surface area contributed by atoms with Crippen LogP contribution in [0.2, 0.25) is 0 Å². The van der Waals surface area contributed by atoms with Crippen LogP contribution in [0.25, 0.3) is 0 Å². The molecule has 1 rings (SSSR count). The van der Waals surface area contributed by atoms with Crippen LogP contribution in [-0.4, -0.2) is 24.8 Å². The number of carboxylic acid groups (broad SMARTS) is 1. The fourth-order valence-electron chi connectivity index (χ4n) is 3.81. The molecule has 0 aliphatic carbocycles. The van der Waals surface area contributed by atoms with Crippen LogP contribution in [0.1, 0.15) is 98.8 Å². The van der Waals surface area contributed by atoms with E-state index >= 15 is 0 Å². The SMILES string of the molecule is CCCCc1cc(C(=O)O)c(CCOC)c(CCCC)c1CCCC(C)C. The Morgan fingerprint density at radius 3 is 2.15 bits per heavy atom. The average molecular weight is 377 g/mol. The number of benzene rings is 1. The van der Waals surface area contributed by atoms with Crippen molar-refractivity contribution >= 4 is 5.97 Å². The topological polar surface area (TPSA) is 46.5 Å². The van der Waals surface area contributed by atoms with E-state index in [1.807, 2.05) is 6.07 Å². The van der Waals surface area contributed by atoms with Gasteiger partial charge in [0.15, 0.2) is 0 Å². The Balaban J connectivity index is 3.44. The first-order valence-electron chi connectivity index (χ1n) is 10.8. The number of hydrogen-bond acceptors (Lipinski definition) is 2. The molecule has 3 nitrogen and oxygen atoms in total. The van der Waals surface area contributed by atoms with Gasteiger partial charge in [-0.25, -0.2) is 4.79 Å². The highest BCUT2D eigenvalue weighted by Gasteiger charge is 2.21. The molecular weight excluding hydrogens is 336 g/mol. The minimum absolute atomic E-state index is 0.497. The zero-order chi connectivity index (χ0) is 20.2. The first kappa shape index (κ1) is 23.7. The highest BCUT2D eigenvalue weighted by Crippen LogP contribution is 2.29. The average Bonchev–Trinajstić information content (AvgIpc) is 2.63. The number of carboxylic acids is 1. The number of rotatable bonds is 14. The molecule has 0 radical (unpaired) electrons. The lowest BCUT2D eigenvalue weighted by atomic mass is 9.83. The Kier molecular flexibility index (Phi) is 11.3. The van der Waals surface area contributed by atoms with Crippen molar-refractivity contribution in [3.05, 3.63) is 33.9 Å². The first-order chi connectivity index (χ1) is 13.0. The molecule has 1 N–H and O–H groups in total. The number of carbonyl (C=O) groups is 1. The number of ether oxygens (including phenoxy) is 1. The molecule has 0 aliphatic rings. The fraction of sp³-hybridized carbons (Fsp3) is 0.708. The van der Waals surface area contributed by atoms with Crippen LogP contribution < -0.4 is 0 Å². The summed E-state index contributed by atoms with van der Waals surface area (Å²) in [5.41, 5.74) is 5.53. The molecule has 0 saturated heterocycles. The van der Waals surface area contributed by atoms with Crippen LogP contribution in [-0.2, 0) is 30.4 Å². The molecule has 27 heavy (non-hydrogen) atoms. The van der Waals surface area contributed by atoms with Crippen molar-refractivity contribution in [2.45, 2.75) is 91.9 Å². The predicted octanol–water partition coefficient (Wildman–Crippen LogP) is 6.24. The van der Waals surface area contributed by atoms with Gasteiger partial charge in [0.1, 0.15) is 0 Å². The van der Waals surface area contributed by atoms with E-state index in [0.29, 0.717) is 24.5 Å². The molecule has 0 heterocycles. The first-order valence-corrected chi connectivity index (χ1v) is 10.8. The van der Waals surface area contributed by atoms with Crippen LogP contribution in [0.5, 0.6) is 0 Å². The molecule has 0 saturated carbocycles. The standard InChI is InChI=1S/C24H40O3/c1-6-8-12-19-17-23(24(25)26)22(15-16-27-5)21(13-9-7-2)20(19)14-10-11-18(3)4/h17-18H,6-16H2,1-5H3,(H,25,26). The minimum atomic E-state index is -0.801. The smallest absolute Gasteiger partial charge is 0.335 e. The molecule has 0 unspecified atom stereocenters. The summed E-state index contributed by atoms with van der Waals surface area (Å²) in [5.74, 6) is -0.0974. The number of unbranched alkanes of at least 4 members (excludes halogenated alkanes) is 2. The van der Waals surface area contributed by atoms with Crippen molar-refractivity contribution in [1.82, 2.24) is 0 Å². The van der Waals surface area contributed by atoms with Gasteiger partial charge in [0, 0.05) is 7.11 Å². The molecule has 0 aromatic heterocycles. The van der Waals surface area contributed by atoms with Gasteiger partial charge in [0.2, 0.25) is 0 Å². The second-order valence-electron chi connectivity index (χ2n) is 8.06. The van der Waals surface area contributed by atoms with Crippen molar-refractivity contribution in [2.24, 2.45) is 5.92 Å². The molecule has 1 aromatic rings. The molecule has 0 bridgehead atoms. The van der Waals surface area contributed by atoms with E-state index in [1.54, 1.807) is 7.11 Å². The number of aryl methyl sites for hydroxylation is 1. The zero-order valence-electron chi connectivity index (χ0n) is 18.2. The summed E-state index contributed by atoms with van der Waals surface area (Å²) in [6, 6.07) is 1.98. The molecule has 1 aromatic carbocycles. The van der Waals surface area contributed by atoms with Crippen molar-refractivity contribution in [3.63, 3.8) is 0 Å². The number of aromatic carboxylic acids is 1. The van der Waals surface area contributed by atoms with E-state index < -0.39 is 5.97 Å². The molecule has 0 spiro atoms. The largest absolute Gasteiger partial charge is 0.478 e. The van der Waals surface area contributed by atoms with Crippen molar-refractivity contribution in [2.75, 3.05) is 13.7 Å². The van der Waals surface area contributed by atoms with E-state index in [4.69, 9.17) is 4.74 Å². The van der Waals surface area contributed by atoms with Gasteiger partial charge in [-0.2, -0.15) is 0 Å². The van der Waals surface area contributed by atoms with Crippen molar-refractivity contribution < 1.29 is 14.6 Å². The normalized spacial score (nSPS) is 11.3. The summed E-state index contributed by atoms with van der Waals surface area (Å²) >= 11 is 0. The lowest BCUT2D eigenvalue weighted by molar-refractivity contribution is 0.0695. The second kappa shape index (κ2) is 12.9. The van der Waals surface area contributed by atoms with Gasteiger partial charge in [-0.3, -0.25) is 0 Å². The van der Waals surface area contributed by atoms with E-state index in [1.165, 1.54) is 29.5 Å². The van der Waals surface area contributed by atoms with Gasteiger partial charge in [-0.1, -0.05) is 47.0 Å². The Labute approximate surface area is 166 Å². The molecule has 0 aliphatic heterocycles. The van der Waals surface area contributed by atoms with Crippen LogP contribution in [0.4, 0.5) is 0 Å². The van der Waals surface area contributed by atoms with Gasteiger partial charge >= 0.3 is 5.97 Å². The van der Waals surface area contributed by atoms with Crippen molar-refractivity contribution in [3.8, 4) is 0 Å². The van der Waals surface area contributed by atoms with Crippen LogP contribution >= 0.6 is 0 Å². The minimum Gasteiger partial charge on any atom is -0.478 e. The van der Waals surface area contributed by atoms with Crippen LogP contribution in [0, 0.1) is 5.92 Å². The third kappa shape index (κ3) is 7.65. The molecule has 3 heteroatoms. The summed E-state index contributed by atoms with van der Waals surface area (Å²) in [4.78, 5) is 12.0. The Hall–Kier alpha value is -1.35. The van der Waals surface area contributed by atoms with E-state index in [-0.39, 0.29) is 0 Å². The summed E-state index contributed by atoms with van der Waals surface area (Å²) in [7, 11) is 1.69. The molecule has 0 atom stereocenters. The number of methoxy groups -OCH3 is 1. The third-order valence-corrected chi connectivity index (χ3v) is 5.33. The highest BCUT2D eigenvalue weighted by molar-refractivity contribution is 5.90. The Morgan fingerprint density at radius 1 is 0.963 bits per heavy atom. The van der Waals surface area contributed by atoms with Gasteiger partial charge < -0.3 is 9.84 Å². The fourth-order valence-corrected chi connectivity index (χ4v) is 3.81. The summed E-state index contributed by atoms with van der Waals surface area (Å²) < 4.78 is 5.29. The van der Waals surface area contributed by atoms with Crippen LogP contribution in [0.15, 0.2) is 6.07 Å². The molecule has 0 amide bonds. The maximum atomic E-state index is 12.0. The third-order valence-electron chi connectivity index (χ3n) is 5.33. The Morgan fingerprint density at radius 2 is 1.59 bits per heavy atom. The van der Waals surface area contributed by atoms with E-state index in [9.17, 15) is 9.90 Å². The lowest BCUT2D eigenvalue weighted by Crippen LogP contribution is -2.14. The summed E-state index contributed by atoms with van der Waals surface area (Å²) in [6.45, 7) is 9.51. The van der Waals surface area contributed by atoms with Gasteiger partial charge in [0.25, 0.3) is 0 Å². The van der Waals surface area contributed by atoms with Gasteiger partial charge in [-0.05, 0) is 79.2 Å². The van der Waals surface area contributed by atoms with E-state index in [0.717, 1.165) is 50.5 Å². The number of hydrogen-bond donors (Lipinski definition) is 1. The lowest BCUT2D eigenvalue weighted by Gasteiger charge is -2.22. The molecule has 154 valence electrons. The second-order valence-corrected chi connectivity index (χ2v) is 8.06.